The molecule has 0 radical (unpaired) electrons. The van der Waals surface area contributed by atoms with E-state index < -0.39 is 37.3 Å². The average Bonchev–Trinajstić information content (AvgIpc) is 3.48. The summed E-state index contributed by atoms with van der Waals surface area (Å²) in [6.07, 6.45) is 0.687. The van der Waals surface area contributed by atoms with Crippen LogP contribution < -0.4 is 5.73 Å². The van der Waals surface area contributed by atoms with E-state index in [0.717, 1.165) is 5.56 Å². The monoisotopic (exact) mass is 459 g/mol. The minimum Gasteiger partial charge on any atom is -0.452 e. The Balaban J connectivity index is 1.24. The Kier molecular flexibility index (Phi) is 4.36. The van der Waals surface area contributed by atoms with Crippen molar-refractivity contribution in [2.75, 3.05) is 18.9 Å². The maximum absolute atomic E-state index is 13.2. The predicted molar refractivity (Wildman–Crippen MR) is 107 cm³/mol. The molecule has 0 aliphatic carbocycles. The van der Waals surface area contributed by atoms with Gasteiger partial charge in [0, 0.05) is 0 Å². The van der Waals surface area contributed by atoms with Gasteiger partial charge >= 0.3 is 13.3 Å². The number of rotatable bonds is 4. The molecule has 0 amide bonds. The molecule has 166 valence electrons. The quantitative estimate of drug-likeness (QED) is 0.571. The van der Waals surface area contributed by atoms with Gasteiger partial charge in [0.1, 0.15) is 36.3 Å². The number of nitrogens with two attached hydrogens (primary N) is 1. The zero-order chi connectivity index (χ0) is 21.9. The van der Waals surface area contributed by atoms with Crippen LogP contribution in [0.2, 0.25) is 0 Å². The Labute approximate surface area is 181 Å². The molecule has 3 saturated heterocycles. The molecule has 2 aromatic heterocycles. The SMILES string of the molecule is Nc1ncnc2c1ncn2[C@@H]1O[C@@]23CO[C@@H]1[C@@H]2OP(=O)(C(=O)OCc1ccccc1)OC3. The fourth-order valence-corrected chi connectivity index (χ4v) is 5.67. The first kappa shape index (κ1) is 19.8. The molecular formula is C19H18N5O7P. The van der Waals surface area contributed by atoms with Crippen LogP contribution in [-0.4, -0.2) is 56.3 Å². The molecule has 1 aromatic carbocycles. The van der Waals surface area contributed by atoms with Gasteiger partial charge in [-0.25, -0.2) is 24.3 Å². The number of imidazole rings is 1. The second-order valence-electron chi connectivity index (χ2n) is 7.77. The summed E-state index contributed by atoms with van der Waals surface area (Å²) in [5.74, 6) is 0.235. The topological polar surface area (TPSA) is 150 Å². The third-order valence-corrected chi connectivity index (χ3v) is 7.34. The molecule has 3 aliphatic rings. The number of carbonyl (C=O) groups excluding carboxylic acids is 1. The number of hydrogen-bond acceptors (Lipinski definition) is 11. The van der Waals surface area contributed by atoms with E-state index in [1.807, 2.05) is 18.2 Å². The van der Waals surface area contributed by atoms with Gasteiger partial charge in [0.05, 0.1) is 19.5 Å². The number of carbonyl (C=O) groups is 1. The maximum atomic E-state index is 13.2. The molecule has 3 aliphatic heterocycles. The highest BCUT2D eigenvalue weighted by atomic mass is 31.2. The molecule has 3 fully saturated rings. The van der Waals surface area contributed by atoms with Crippen molar-refractivity contribution < 1.29 is 32.6 Å². The summed E-state index contributed by atoms with van der Waals surface area (Å²) in [5, 5.41) is 0. The Morgan fingerprint density at radius 1 is 1.25 bits per heavy atom. The van der Waals surface area contributed by atoms with Crippen molar-refractivity contribution in [3.05, 3.63) is 48.5 Å². The lowest BCUT2D eigenvalue weighted by Gasteiger charge is -2.36. The van der Waals surface area contributed by atoms with Crippen LogP contribution in [0.3, 0.4) is 0 Å². The van der Waals surface area contributed by atoms with E-state index in [2.05, 4.69) is 15.0 Å². The minimum atomic E-state index is -4.20. The highest BCUT2D eigenvalue weighted by Gasteiger charge is 2.69. The summed E-state index contributed by atoms with van der Waals surface area (Å²) < 4.78 is 43.2. The third kappa shape index (κ3) is 2.88. The van der Waals surface area contributed by atoms with Crippen molar-refractivity contribution in [3.8, 4) is 0 Å². The van der Waals surface area contributed by atoms with Gasteiger partial charge in [0.25, 0.3) is 0 Å². The number of fused-ring (bicyclic) bond motifs is 1. The first-order chi connectivity index (χ1) is 15.5. The molecule has 5 atom stereocenters. The number of anilines is 1. The number of nitrogen functional groups attached to an aromatic ring is 1. The van der Waals surface area contributed by atoms with E-state index in [9.17, 15) is 9.36 Å². The lowest BCUT2D eigenvalue weighted by Crippen LogP contribution is -2.49. The Morgan fingerprint density at radius 2 is 2.09 bits per heavy atom. The molecule has 6 rings (SSSR count). The van der Waals surface area contributed by atoms with Crippen LogP contribution in [0.25, 0.3) is 11.2 Å². The summed E-state index contributed by atoms with van der Waals surface area (Å²) >= 11 is 0. The first-order valence-corrected chi connectivity index (χ1v) is 11.4. The standard InChI is InChI=1S/C19H18N5O7P/c20-15-12-16(22-9-21-15)24(10-23-12)17-13-14-19(30-17,7-28-13)8-29-32(26,31-14)18(25)27-6-11-4-2-1-3-5-11/h1-5,9-10,13-14,17H,6-8H2,(H2,20,21,22)/t13-,14+,17-,19-,32?/m1/s1. The molecule has 12 nitrogen and oxygen atoms in total. The zero-order valence-electron chi connectivity index (χ0n) is 16.6. The van der Waals surface area contributed by atoms with Gasteiger partial charge in [-0.15, -0.1) is 0 Å². The van der Waals surface area contributed by atoms with Gasteiger partial charge in [0.15, 0.2) is 17.7 Å². The molecular weight excluding hydrogens is 441 g/mol. The molecule has 32 heavy (non-hydrogen) atoms. The van der Waals surface area contributed by atoms with E-state index in [1.165, 1.54) is 12.7 Å². The van der Waals surface area contributed by atoms with Crippen LogP contribution in [0, 0.1) is 0 Å². The summed E-state index contributed by atoms with van der Waals surface area (Å²) in [4.78, 5) is 25.0. The van der Waals surface area contributed by atoms with Gasteiger partial charge in [-0.05, 0) is 5.56 Å². The van der Waals surface area contributed by atoms with Crippen LogP contribution in [0.5, 0.6) is 0 Å². The van der Waals surface area contributed by atoms with Gasteiger partial charge in [-0.2, -0.15) is 0 Å². The molecule has 1 unspecified atom stereocenters. The fraction of sp³-hybridized carbons (Fsp3) is 0.368. The van der Waals surface area contributed by atoms with Crippen LogP contribution >= 0.6 is 7.60 Å². The summed E-state index contributed by atoms with van der Waals surface area (Å²) in [5.41, 5.74) is 5.43. The van der Waals surface area contributed by atoms with E-state index in [0.29, 0.717) is 11.2 Å². The van der Waals surface area contributed by atoms with Crippen molar-refractivity contribution >= 4 is 30.3 Å². The Bertz CT molecular complexity index is 1250. The second kappa shape index (κ2) is 7.06. The normalized spacial score (nSPS) is 33.3. The lowest BCUT2D eigenvalue weighted by atomic mass is 10.0. The molecule has 2 bridgehead atoms. The van der Waals surface area contributed by atoms with Crippen LogP contribution in [0.4, 0.5) is 10.6 Å². The highest BCUT2D eigenvalue weighted by molar-refractivity contribution is 7.71. The van der Waals surface area contributed by atoms with E-state index in [1.54, 1.807) is 16.7 Å². The van der Waals surface area contributed by atoms with Gasteiger partial charge in [-0.3, -0.25) is 13.6 Å². The molecule has 0 spiro atoms. The number of benzene rings is 1. The molecule has 2 N–H and O–H groups in total. The van der Waals surface area contributed by atoms with Crippen molar-refractivity contribution in [1.82, 2.24) is 19.5 Å². The summed E-state index contributed by atoms with van der Waals surface area (Å²) in [7, 11) is -4.20. The molecule has 5 heterocycles. The van der Waals surface area contributed by atoms with E-state index in [-0.39, 0.29) is 25.6 Å². The number of aromatic nitrogens is 4. The maximum Gasteiger partial charge on any atom is 0.438 e. The Hall–Kier alpha value is -2.89. The Morgan fingerprint density at radius 3 is 2.94 bits per heavy atom. The van der Waals surface area contributed by atoms with Crippen LogP contribution in [0.15, 0.2) is 43.0 Å². The van der Waals surface area contributed by atoms with E-state index in [4.69, 9.17) is 29.0 Å². The first-order valence-electron chi connectivity index (χ1n) is 9.86. The largest absolute Gasteiger partial charge is 0.452 e. The van der Waals surface area contributed by atoms with Crippen LogP contribution in [0.1, 0.15) is 11.8 Å². The summed E-state index contributed by atoms with van der Waals surface area (Å²) in [6, 6.07) is 9.04. The second-order valence-corrected chi connectivity index (χ2v) is 9.60. The van der Waals surface area contributed by atoms with Crippen molar-refractivity contribution in [2.24, 2.45) is 0 Å². The molecule has 13 heteroatoms. The number of nitrogens with zero attached hydrogens (tertiary/aromatic N) is 4. The third-order valence-electron chi connectivity index (χ3n) is 5.79. The fourth-order valence-electron chi connectivity index (χ4n) is 4.20. The number of hydrogen-bond donors (Lipinski definition) is 1. The van der Waals surface area contributed by atoms with Crippen molar-refractivity contribution in [2.45, 2.75) is 30.6 Å². The average molecular weight is 459 g/mol. The van der Waals surface area contributed by atoms with Gasteiger partial charge < -0.3 is 19.9 Å². The number of ether oxygens (including phenoxy) is 3. The van der Waals surface area contributed by atoms with Crippen LogP contribution in [-0.2, 0) is 34.4 Å². The van der Waals surface area contributed by atoms with Crippen molar-refractivity contribution in [1.29, 1.82) is 0 Å². The smallest absolute Gasteiger partial charge is 0.438 e. The van der Waals surface area contributed by atoms with Crippen molar-refractivity contribution in [3.63, 3.8) is 0 Å². The molecule has 3 aromatic rings. The minimum absolute atomic E-state index is 0.0482. The lowest BCUT2D eigenvalue weighted by molar-refractivity contribution is -0.187. The van der Waals surface area contributed by atoms with E-state index >= 15 is 0 Å². The zero-order valence-corrected chi connectivity index (χ0v) is 17.5. The summed E-state index contributed by atoms with van der Waals surface area (Å²) in [6.45, 7) is -0.0266. The van der Waals surface area contributed by atoms with Gasteiger partial charge in [-0.1, -0.05) is 30.3 Å². The highest BCUT2D eigenvalue weighted by Crippen LogP contribution is 2.62. The predicted octanol–water partition coefficient (Wildman–Crippen LogP) is 2.02. The van der Waals surface area contributed by atoms with Gasteiger partial charge in [0.2, 0.25) is 0 Å². The molecule has 0 saturated carbocycles.